The van der Waals surface area contributed by atoms with Crippen LogP contribution in [0.1, 0.15) is 27.7 Å². The first-order valence-electron chi connectivity index (χ1n) is 10.4. The molecule has 1 atom stereocenters. The van der Waals surface area contributed by atoms with Crippen LogP contribution in [0.25, 0.3) is 0 Å². The summed E-state index contributed by atoms with van der Waals surface area (Å²) < 4.78 is 27.0. The van der Waals surface area contributed by atoms with Crippen LogP contribution in [0.15, 0.2) is 91.4 Å². The van der Waals surface area contributed by atoms with Gasteiger partial charge in [-0.15, -0.1) is 0 Å². The number of rotatable bonds is 6. The zero-order chi connectivity index (χ0) is 24.1. The zero-order valence-corrected chi connectivity index (χ0v) is 18.2. The van der Waals surface area contributed by atoms with E-state index in [9.17, 15) is 18.4 Å². The first-order chi connectivity index (χ1) is 16.4. The summed E-state index contributed by atoms with van der Waals surface area (Å²) in [4.78, 5) is 36.5. The van der Waals surface area contributed by atoms with Gasteiger partial charge in [-0.3, -0.25) is 19.5 Å². The molecule has 2 amide bonds. The monoisotopic (exact) mass is 458 g/mol. The molecule has 8 heteroatoms. The fourth-order valence-electron chi connectivity index (χ4n) is 3.43. The predicted molar refractivity (Wildman–Crippen MR) is 124 cm³/mol. The number of nitrogens with zero attached hydrogens (tertiary/aromatic N) is 3. The summed E-state index contributed by atoms with van der Waals surface area (Å²) >= 11 is 0. The number of anilines is 2. The zero-order valence-electron chi connectivity index (χ0n) is 18.2. The van der Waals surface area contributed by atoms with E-state index >= 15 is 0 Å². The number of carbonyl (C=O) groups excluding carboxylic acids is 2. The molecule has 4 rings (SSSR count). The van der Waals surface area contributed by atoms with E-state index in [-0.39, 0.29) is 11.4 Å². The lowest BCUT2D eigenvalue weighted by Gasteiger charge is -2.31. The molecule has 0 aliphatic heterocycles. The smallest absolute Gasteiger partial charge is 0.279 e. The molecule has 0 radical (unpaired) electrons. The standard InChI is InChI=1S/C26H20F2N4O2/c1-17-2-4-18(5-3-17)24(25(33)31-21-10-6-19(27)7-11-21)32(22-12-8-20(28)9-13-22)26(34)23-16-29-14-15-30-23/h2-16,24H,1H3,(H,31,33). The Bertz CT molecular complexity index is 1280. The molecule has 0 saturated heterocycles. The molecule has 1 N–H and O–H groups in total. The third kappa shape index (κ3) is 5.12. The maximum absolute atomic E-state index is 13.7. The van der Waals surface area contributed by atoms with Crippen molar-refractivity contribution in [2.24, 2.45) is 0 Å². The molecule has 3 aromatic carbocycles. The summed E-state index contributed by atoms with van der Waals surface area (Å²) in [7, 11) is 0. The number of aryl methyl sites for hydroxylation is 1. The van der Waals surface area contributed by atoms with Crippen molar-refractivity contribution in [2.45, 2.75) is 13.0 Å². The molecule has 0 spiro atoms. The van der Waals surface area contributed by atoms with Gasteiger partial charge < -0.3 is 5.32 Å². The number of hydrogen-bond donors (Lipinski definition) is 1. The van der Waals surface area contributed by atoms with Crippen molar-refractivity contribution in [3.05, 3.63) is 120 Å². The van der Waals surface area contributed by atoms with Crippen LogP contribution >= 0.6 is 0 Å². The minimum absolute atomic E-state index is 0.0125. The molecule has 1 unspecified atom stereocenters. The first kappa shape index (κ1) is 22.7. The van der Waals surface area contributed by atoms with E-state index in [4.69, 9.17) is 0 Å². The van der Waals surface area contributed by atoms with E-state index < -0.39 is 29.5 Å². The van der Waals surface area contributed by atoms with Crippen molar-refractivity contribution in [3.8, 4) is 0 Å². The fraction of sp³-hybridized carbons (Fsp3) is 0.0769. The molecule has 0 saturated carbocycles. The third-order valence-electron chi connectivity index (χ3n) is 5.12. The van der Waals surface area contributed by atoms with E-state index in [1.807, 2.05) is 19.1 Å². The molecule has 1 aromatic heterocycles. The van der Waals surface area contributed by atoms with Crippen molar-refractivity contribution in [2.75, 3.05) is 10.2 Å². The van der Waals surface area contributed by atoms with Crippen molar-refractivity contribution in [3.63, 3.8) is 0 Å². The number of benzene rings is 3. The highest BCUT2D eigenvalue weighted by molar-refractivity contribution is 6.11. The Kier molecular flexibility index (Phi) is 6.68. The molecule has 0 aliphatic rings. The number of halogens is 2. The highest BCUT2D eigenvalue weighted by Gasteiger charge is 2.34. The Morgan fingerprint density at radius 2 is 1.47 bits per heavy atom. The van der Waals surface area contributed by atoms with Crippen molar-refractivity contribution in [1.82, 2.24) is 9.97 Å². The lowest BCUT2D eigenvalue weighted by atomic mass is 10.0. The molecule has 6 nitrogen and oxygen atoms in total. The Morgan fingerprint density at radius 3 is 2.06 bits per heavy atom. The van der Waals surface area contributed by atoms with Crippen molar-refractivity contribution >= 4 is 23.2 Å². The predicted octanol–water partition coefficient (Wildman–Crippen LogP) is 5.09. The lowest BCUT2D eigenvalue weighted by Crippen LogP contribution is -2.42. The van der Waals surface area contributed by atoms with E-state index in [1.165, 1.54) is 72.0 Å². The van der Waals surface area contributed by atoms with Crippen LogP contribution in [0.2, 0.25) is 0 Å². The summed E-state index contributed by atoms with van der Waals surface area (Å²) in [6, 6.07) is 16.5. The first-order valence-corrected chi connectivity index (χ1v) is 10.4. The molecule has 1 heterocycles. The van der Waals surface area contributed by atoms with Gasteiger partial charge in [-0.1, -0.05) is 29.8 Å². The second-order valence-corrected chi connectivity index (χ2v) is 7.55. The second kappa shape index (κ2) is 9.99. The molecule has 34 heavy (non-hydrogen) atoms. The van der Waals surface area contributed by atoms with E-state index in [2.05, 4.69) is 15.3 Å². The third-order valence-corrected chi connectivity index (χ3v) is 5.12. The topological polar surface area (TPSA) is 75.2 Å². The van der Waals surface area contributed by atoms with Crippen LogP contribution in [-0.4, -0.2) is 21.8 Å². The van der Waals surface area contributed by atoms with Crippen LogP contribution in [0.5, 0.6) is 0 Å². The minimum Gasteiger partial charge on any atom is -0.324 e. The largest absolute Gasteiger partial charge is 0.324 e. The Morgan fingerprint density at radius 1 is 0.853 bits per heavy atom. The number of aromatic nitrogens is 2. The minimum atomic E-state index is -1.15. The summed E-state index contributed by atoms with van der Waals surface area (Å²) in [5, 5.41) is 2.74. The average Bonchev–Trinajstić information content (AvgIpc) is 2.85. The van der Waals surface area contributed by atoms with E-state index in [0.29, 0.717) is 11.3 Å². The molecular formula is C26H20F2N4O2. The van der Waals surface area contributed by atoms with Gasteiger partial charge in [0.1, 0.15) is 23.4 Å². The van der Waals surface area contributed by atoms with Gasteiger partial charge in [0, 0.05) is 23.8 Å². The molecule has 0 aliphatic carbocycles. The Balaban J connectivity index is 1.83. The van der Waals surface area contributed by atoms with Crippen molar-refractivity contribution < 1.29 is 18.4 Å². The fourth-order valence-corrected chi connectivity index (χ4v) is 3.43. The average molecular weight is 458 g/mol. The summed E-state index contributed by atoms with van der Waals surface area (Å²) in [6.45, 7) is 1.90. The maximum Gasteiger partial charge on any atom is 0.279 e. The highest BCUT2D eigenvalue weighted by Crippen LogP contribution is 2.31. The molecule has 0 bridgehead atoms. The van der Waals surface area contributed by atoms with Crippen LogP contribution in [-0.2, 0) is 4.79 Å². The Hall–Kier alpha value is -4.46. The molecular weight excluding hydrogens is 438 g/mol. The van der Waals surface area contributed by atoms with Gasteiger partial charge in [-0.25, -0.2) is 13.8 Å². The quantitative estimate of drug-likeness (QED) is 0.437. The summed E-state index contributed by atoms with van der Waals surface area (Å²) in [5.74, 6) is -2.08. The van der Waals surface area contributed by atoms with Gasteiger partial charge >= 0.3 is 0 Å². The number of amides is 2. The van der Waals surface area contributed by atoms with Crippen molar-refractivity contribution in [1.29, 1.82) is 0 Å². The Labute approximate surface area is 194 Å². The molecule has 0 fully saturated rings. The van der Waals surface area contributed by atoms with Gasteiger partial charge in [0.25, 0.3) is 11.8 Å². The van der Waals surface area contributed by atoms with E-state index in [1.54, 1.807) is 12.1 Å². The SMILES string of the molecule is Cc1ccc(C(C(=O)Nc2ccc(F)cc2)N(C(=O)c2cnccn2)c2ccc(F)cc2)cc1. The normalized spacial score (nSPS) is 11.5. The van der Waals surface area contributed by atoms with Crippen LogP contribution in [0.3, 0.4) is 0 Å². The lowest BCUT2D eigenvalue weighted by molar-refractivity contribution is -0.117. The van der Waals surface area contributed by atoms with Crippen LogP contribution in [0.4, 0.5) is 20.2 Å². The summed E-state index contributed by atoms with van der Waals surface area (Å²) in [5.41, 5.74) is 2.15. The number of nitrogens with one attached hydrogen (secondary N) is 1. The van der Waals surface area contributed by atoms with Crippen LogP contribution < -0.4 is 10.2 Å². The highest BCUT2D eigenvalue weighted by atomic mass is 19.1. The summed E-state index contributed by atoms with van der Waals surface area (Å²) in [6.07, 6.45) is 4.09. The second-order valence-electron chi connectivity index (χ2n) is 7.55. The molecule has 4 aromatic rings. The van der Waals surface area contributed by atoms with Crippen LogP contribution in [0, 0.1) is 18.6 Å². The number of hydrogen-bond acceptors (Lipinski definition) is 4. The van der Waals surface area contributed by atoms with E-state index in [0.717, 1.165) is 5.56 Å². The number of carbonyl (C=O) groups is 2. The van der Waals surface area contributed by atoms with Gasteiger partial charge in [0.15, 0.2) is 0 Å². The maximum atomic E-state index is 13.7. The van der Waals surface area contributed by atoms with Gasteiger partial charge in [0.05, 0.1) is 6.20 Å². The van der Waals surface area contributed by atoms with Gasteiger partial charge in [-0.2, -0.15) is 0 Å². The van der Waals surface area contributed by atoms with Gasteiger partial charge in [-0.05, 0) is 61.0 Å². The molecule has 170 valence electrons. The van der Waals surface area contributed by atoms with Gasteiger partial charge in [0.2, 0.25) is 0 Å².